The molecule has 0 fully saturated rings. The first-order chi connectivity index (χ1) is 20.3. The number of aliphatic hydroxyl groups excluding tert-OH is 4. The van der Waals surface area contributed by atoms with Crippen LogP contribution in [0.2, 0.25) is 0 Å². The minimum Gasteiger partial charge on any atom is -0.469 e. The fourth-order valence-electron chi connectivity index (χ4n) is 4.64. The monoisotopic (exact) mass is 601 g/mol. The van der Waals surface area contributed by atoms with Gasteiger partial charge in [-0.25, -0.2) is 4.39 Å². The standard InChI is InChI=1S/C33H44FNO8/c1-19(2)32-27(13-11-23(36)15-25(38)17-29(40)42-5)31(21-7-9-22(34)10-8-21)28(33(35-32)20(3)4)14-12-24(37)16-26(39)18-30(41)43-6/h7-14,19-20,23-26,36-39H,15-18H2,1-6H3. The maximum atomic E-state index is 14.0. The molecule has 0 amide bonds. The largest absolute Gasteiger partial charge is 0.469 e. The van der Waals surface area contributed by atoms with Gasteiger partial charge in [0.15, 0.2) is 0 Å². The molecule has 10 heteroatoms. The average molecular weight is 602 g/mol. The number of aromatic nitrogens is 1. The zero-order valence-corrected chi connectivity index (χ0v) is 25.7. The molecule has 2 rings (SSSR count). The number of rotatable bonds is 15. The van der Waals surface area contributed by atoms with Gasteiger partial charge in [-0.2, -0.15) is 0 Å². The number of halogens is 1. The van der Waals surface area contributed by atoms with Gasteiger partial charge >= 0.3 is 11.9 Å². The second kappa shape index (κ2) is 17.0. The van der Waals surface area contributed by atoms with Crippen molar-refractivity contribution in [3.8, 4) is 11.1 Å². The van der Waals surface area contributed by atoms with Crippen molar-refractivity contribution in [2.24, 2.45) is 0 Å². The Morgan fingerprint density at radius 2 is 1.16 bits per heavy atom. The average Bonchev–Trinajstić information content (AvgIpc) is 2.94. The zero-order valence-electron chi connectivity index (χ0n) is 25.7. The number of methoxy groups -OCH3 is 2. The summed E-state index contributed by atoms with van der Waals surface area (Å²) in [5.41, 5.74) is 4.15. The van der Waals surface area contributed by atoms with Crippen molar-refractivity contribution in [3.63, 3.8) is 0 Å². The van der Waals surface area contributed by atoms with Crippen molar-refractivity contribution in [2.75, 3.05) is 14.2 Å². The number of pyridine rings is 1. The van der Waals surface area contributed by atoms with E-state index in [1.807, 2.05) is 27.7 Å². The van der Waals surface area contributed by atoms with E-state index >= 15 is 0 Å². The Hall–Kier alpha value is -3.44. The smallest absolute Gasteiger partial charge is 0.308 e. The second-order valence-electron chi connectivity index (χ2n) is 11.1. The summed E-state index contributed by atoms with van der Waals surface area (Å²) in [5.74, 6) is -1.68. The Kier molecular flexibility index (Phi) is 14.1. The lowest BCUT2D eigenvalue weighted by Crippen LogP contribution is -2.20. The molecule has 1 heterocycles. The van der Waals surface area contributed by atoms with Gasteiger partial charge in [0.1, 0.15) is 5.82 Å². The molecule has 0 saturated carbocycles. The van der Waals surface area contributed by atoms with Crippen molar-refractivity contribution < 1.29 is 43.9 Å². The molecule has 4 unspecified atom stereocenters. The molecular formula is C33H44FNO8. The molecule has 236 valence electrons. The summed E-state index contributed by atoms with van der Waals surface area (Å²) in [7, 11) is 2.44. The number of ether oxygens (including phenoxy) is 2. The molecule has 0 aliphatic heterocycles. The fraction of sp³-hybridized carbons (Fsp3) is 0.485. The molecule has 9 nitrogen and oxygen atoms in total. The summed E-state index contributed by atoms with van der Waals surface area (Å²) in [6.07, 6.45) is 1.32. The molecule has 0 bridgehead atoms. The van der Waals surface area contributed by atoms with Gasteiger partial charge in [0, 0.05) is 24.0 Å². The summed E-state index contributed by atoms with van der Waals surface area (Å²) in [4.78, 5) is 28.0. The number of benzene rings is 1. The van der Waals surface area contributed by atoms with Gasteiger partial charge in [0.2, 0.25) is 0 Å². The first-order valence-electron chi connectivity index (χ1n) is 14.3. The lowest BCUT2D eigenvalue weighted by atomic mass is 9.86. The quantitative estimate of drug-likeness (QED) is 0.217. The molecular weight excluding hydrogens is 557 g/mol. The number of hydrogen-bond donors (Lipinski definition) is 4. The lowest BCUT2D eigenvalue weighted by molar-refractivity contribution is -0.144. The highest BCUT2D eigenvalue weighted by molar-refractivity contribution is 5.85. The van der Waals surface area contributed by atoms with Gasteiger partial charge in [-0.3, -0.25) is 14.6 Å². The van der Waals surface area contributed by atoms with Gasteiger partial charge in [-0.05, 0) is 35.1 Å². The topological polar surface area (TPSA) is 146 Å². The number of nitrogens with zero attached hydrogens (tertiary/aromatic N) is 1. The predicted molar refractivity (Wildman–Crippen MR) is 162 cm³/mol. The summed E-state index contributed by atoms with van der Waals surface area (Å²) in [6.45, 7) is 7.93. The Morgan fingerprint density at radius 3 is 1.51 bits per heavy atom. The van der Waals surface area contributed by atoms with Crippen LogP contribution in [0.3, 0.4) is 0 Å². The summed E-state index contributed by atoms with van der Waals surface area (Å²) in [6, 6.07) is 5.97. The molecule has 0 aliphatic rings. The number of hydrogen-bond acceptors (Lipinski definition) is 9. The molecule has 0 radical (unpaired) electrons. The Morgan fingerprint density at radius 1 is 0.767 bits per heavy atom. The van der Waals surface area contributed by atoms with Crippen LogP contribution in [0.15, 0.2) is 36.4 Å². The van der Waals surface area contributed by atoms with E-state index in [1.54, 1.807) is 24.3 Å². The van der Waals surface area contributed by atoms with Crippen LogP contribution in [-0.4, -0.2) is 76.0 Å². The van der Waals surface area contributed by atoms with Crippen LogP contribution < -0.4 is 0 Å². The van der Waals surface area contributed by atoms with Gasteiger partial charge in [0.05, 0.1) is 62.9 Å². The number of carbonyl (C=O) groups is 2. The maximum Gasteiger partial charge on any atom is 0.308 e. The van der Waals surface area contributed by atoms with E-state index in [9.17, 15) is 34.4 Å². The van der Waals surface area contributed by atoms with E-state index < -0.39 is 42.2 Å². The van der Waals surface area contributed by atoms with Gasteiger partial charge in [-0.15, -0.1) is 0 Å². The molecule has 1 aromatic heterocycles. The minimum absolute atomic E-state index is 0.0458. The molecule has 0 spiro atoms. The van der Waals surface area contributed by atoms with E-state index in [4.69, 9.17) is 4.98 Å². The van der Waals surface area contributed by atoms with E-state index in [-0.39, 0.29) is 37.5 Å². The SMILES string of the molecule is COC(=O)CC(O)CC(O)C=Cc1c(C(C)C)nc(C(C)C)c(C=CC(O)CC(O)CC(=O)OC)c1-c1ccc(F)cc1. The first kappa shape index (κ1) is 35.8. The third-order valence-electron chi connectivity index (χ3n) is 6.82. The highest BCUT2D eigenvalue weighted by atomic mass is 19.1. The van der Waals surface area contributed by atoms with Crippen LogP contribution in [0.1, 0.15) is 87.7 Å². The number of aliphatic hydroxyl groups is 4. The highest BCUT2D eigenvalue weighted by Gasteiger charge is 2.23. The van der Waals surface area contributed by atoms with Crippen molar-refractivity contribution in [2.45, 2.75) is 89.6 Å². The van der Waals surface area contributed by atoms with Crippen molar-refractivity contribution >= 4 is 24.1 Å². The van der Waals surface area contributed by atoms with E-state index in [0.29, 0.717) is 22.3 Å². The fourth-order valence-corrected chi connectivity index (χ4v) is 4.64. The van der Waals surface area contributed by atoms with Crippen molar-refractivity contribution in [1.82, 2.24) is 4.98 Å². The van der Waals surface area contributed by atoms with Gasteiger partial charge in [0.25, 0.3) is 0 Å². The van der Waals surface area contributed by atoms with Gasteiger partial charge in [-0.1, -0.05) is 64.1 Å². The van der Waals surface area contributed by atoms with Crippen LogP contribution in [0.5, 0.6) is 0 Å². The predicted octanol–water partition coefficient (Wildman–Crippen LogP) is 4.51. The number of carbonyl (C=O) groups excluding carboxylic acids is 2. The van der Waals surface area contributed by atoms with Crippen LogP contribution in [0.25, 0.3) is 23.3 Å². The molecule has 0 saturated heterocycles. The van der Waals surface area contributed by atoms with Crippen LogP contribution in [0, 0.1) is 5.82 Å². The summed E-state index contributed by atoms with van der Waals surface area (Å²) < 4.78 is 23.1. The number of esters is 2. The molecule has 1 aromatic carbocycles. The summed E-state index contributed by atoms with van der Waals surface area (Å²) >= 11 is 0. The normalized spacial score (nSPS) is 14.8. The van der Waals surface area contributed by atoms with Crippen LogP contribution in [0.4, 0.5) is 4.39 Å². The Balaban J connectivity index is 2.68. The Labute approximate surface area is 252 Å². The maximum absolute atomic E-state index is 14.0. The van der Waals surface area contributed by atoms with Crippen molar-refractivity contribution in [1.29, 1.82) is 0 Å². The van der Waals surface area contributed by atoms with Crippen LogP contribution in [-0.2, 0) is 19.1 Å². The molecule has 2 aromatic rings. The Bertz CT molecular complexity index is 1200. The minimum atomic E-state index is -1.11. The van der Waals surface area contributed by atoms with E-state index in [0.717, 1.165) is 11.4 Å². The second-order valence-corrected chi connectivity index (χ2v) is 11.1. The lowest BCUT2D eigenvalue weighted by Gasteiger charge is -2.23. The van der Waals surface area contributed by atoms with E-state index in [1.165, 1.54) is 38.5 Å². The molecule has 0 aliphatic carbocycles. The molecule has 4 atom stereocenters. The summed E-state index contributed by atoms with van der Waals surface area (Å²) in [5, 5.41) is 41.7. The van der Waals surface area contributed by atoms with Crippen LogP contribution >= 0.6 is 0 Å². The first-order valence-corrected chi connectivity index (χ1v) is 14.3. The third kappa shape index (κ3) is 11.0. The molecule has 4 N–H and O–H groups in total. The third-order valence-corrected chi connectivity index (χ3v) is 6.82. The highest BCUT2D eigenvalue weighted by Crippen LogP contribution is 2.38. The zero-order chi connectivity index (χ0) is 32.3. The van der Waals surface area contributed by atoms with E-state index in [2.05, 4.69) is 9.47 Å². The molecule has 43 heavy (non-hydrogen) atoms. The van der Waals surface area contributed by atoms with Crippen molar-refractivity contribution in [3.05, 3.63) is 64.7 Å². The van der Waals surface area contributed by atoms with Gasteiger partial charge < -0.3 is 29.9 Å².